The lowest BCUT2D eigenvalue weighted by molar-refractivity contribution is -0.140. The highest BCUT2D eigenvalue weighted by atomic mass is 16.2. The first-order valence-corrected chi connectivity index (χ1v) is 8.30. The Labute approximate surface area is 132 Å². The van der Waals surface area contributed by atoms with Crippen LogP contribution in [0.5, 0.6) is 0 Å². The smallest absolute Gasteiger partial charge is 0.227 e. The van der Waals surface area contributed by atoms with Crippen molar-refractivity contribution in [1.82, 2.24) is 14.8 Å². The van der Waals surface area contributed by atoms with Gasteiger partial charge in [0.2, 0.25) is 5.91 Å². The molecule has 2 atom stereocenters. The highest BCUT2D eigenvalue weighted by molar-refractivity contribution is 5.80. The van der Waals surface area contributed by atoms with Crippen LogP contribution in [0.2, 0.25) is 0 Å². The zero-order valence-electron chi connectivity index (χ0n) is 13.6. The SMILES string of the molecule is C[C@H]1CN(C)CCN1C(=O)[C@H]1CCCN(c2ccccn2)C1. The summed E-state index contributed by atoms with van der Waals surface area (Å²) in [4.78, 5) is 24.0. The summed E-state index contributed by atoms with van der Waals surface area (Å²) in [5, 5.41) is 0. The summed E-state index contributed by atoms with van der Waals surface area (Å²) in [6, 6.07) is 6.29. The van der Waals surface area contributed by atoms with E-state index in [-0.39, 0.29) is 5.92 Å². The molecule has 1 aromatic rings. The molecule has 0 spiro atoms. The van der Waals surface area contributed by atoms with Crippen molar-refractivity contribution in [2.24, 2.45) is 5.92 Å². The van der Waals surface area contributed by atoms with Gasteiger partial charge in [-0.2, -0.15) is 0 Å². The molecule has 0 unspecified atom stereocenters. The van der Waals surface area contributed by atoms with E-state index in [0.29, 0.717) is 11.9 Å². The normalized spacial score (nSPS) is 27.0. The highest BCUT2D eigenvalue weighted by Crippen LogP contribution is 2.24. The number of nitrogens with zero attached hydrogens (tertiary/aromatic N) is 4. The second kappa shape index (κ2) is 6.65. The van der Waals surface area contributed by atoms with E-state index in [0.717, 1.165) is 51.4 Å². The quantitative estimate of drug-likeness (QED) is 0.829. The molecule has 0 N–H and O–H groups in total. The monoisotopic (exact) mass is 302 g/mol. The fourth-order valence-corrected chi connectivity index (χ4v) is 3.63. The van der Waals surface area contributed by atoms with Gasteiger partial charge in [0.05, 0.1) is 5.92 Å². The first kappa shape index (κ1) is 15.3. The van der Waals surface area contributed by atoms with Gasteiger partial charge in [-0.25, -0.2) is 4.98 Å². The number of rotatable bonds is 2. The Morgan fingerprint density at radius 3 is 2.82 bits per heavy atom. The molecule has 1 aromatic heterocycles. The lowest BCUT2D eigenvalue weighted by Crippen LogP contribution is -2.56. The molecular weight excluding hydrogens is 276 g/mol. The largest absolute Gasteiger partial charge is 0.356 e. The molecule has 5 heteroatoms. The van der Waals surface area contributed by atoms with Crippen molar-refractivity contribution in [1.29, 1.82) is 0 Å². The Balaban J connectivity index is 1.65. The third-order valence-electron chi connectivity index (χ3n) is 4.86. The van der Waals surface area contributed by atoms with Gasteiger partial charge in [0.15, 0.2) is 0 Å². The van der Waals surface area contributed by atoms with Gasteiger partial charge in [-0.1, -0.05) is 6.07 Å². The number of likely N-dealkylation sites (N-methyl/N-ethyl adjacent to an activating group) is 1. The Morgan fingerprint density at radius 1 is 1.23 bits per heavy atom. The molecular formula is C17H26N4O. The maximum absolute atomic E-state index is 12.9. The molecule has 2 aliphatic heterocycles. The van der Waals surface area contributed by atoms with Gasteiger partial charge >= 0.3 is 0 Å². The van der Waals surface area contributed by atoms with Crippen LogP contribution in [0, 0.1) is 5.92 Å². The average molecular weight is 302 g/mol. The predicted octanol–water partition coefficient (Wildman–Crippen LogP) is 1.46. The van der Waals surface area contributed by atoms with Crippen molar-refractivity contribution in [2.45, 2.75) is 25.8 Å². The van der Waals surface area contributed by atoms with E-state index < -0.39 is 0 Å². The highest BCUT2D eigenvalue weighted by Gasteiger charge is 2.33. The van der Waals surface area contributed by atoms with E-state index in [1.165, 1.54) is 0 Å². The zero-order valence-corrected chi connectivity index (χ0v) is 13.6. The Bertz CT molecular complexity index is 507. The van der Waals surface area contributed by atoms with Gasteiger partial charge in [-0.05, 0) is 38.9 Å². The number of carbonyl (C=O) groups excluding carboxylic acids is 1. The van der Waals surface area contributed by atoms with E-state index in [4.69, 9.17) is 0 Å². The van der Waals surface area contributed by atoms with Crippen LogP contribution in [0.3, 0.4) is 0 Å². The summed E-state index contributed by atoms with van der Waals surface area (Å²) in [5.41, 5.74) is 0. The van der Waals surface area contributed by atoms with Crippen LogP contribution in [0.25, 0.3) is 0 Å². The molecule has 0 saturated carbocycles. The minimum Gasteiger partial charge on any atom is -0.356 e. The van der Waals surface area contributed by atoms with Crippen LogP contribution >= 0.6 is 0 Å². The van der Waals surface area contributed by atoms with E-state index in [2.05, 4.69) is 33.7 Å². The van der Waals surface area contributed by atoms with Crippen molar-refractivity contribution < 1.29 is 4.79 Å². The second-order valence-electron chi connectivity index (χ2n) is 6.62. The second-order valence-corrected chi connectivity index (χ2v) is 6.62. The summed E-state index contributed by atoms with van der Waals surface area (Å²) >= 11 is 0. The number of amides is 1. The summed E-state index contributed by atoms with van der Waals surface area (Å²) < 4.78 is 0. The lowest BCUT2D eigenvalue weighted by Gasteiger charge is -2.42. The number of aromatic nitrogens is 1. The third kappa shape index (κ3) is 3.24. The first-order chi connectivity index (χ1) is 10.6. The molecule has 2 saturated heterocycles. The van der Waals surface area contributed by atoms with Crippen LogP contribution in [-0.4, -0.2) is 66.5 Å². The molecule has 120 valence electrons. The zero-order chi connectivity index (χ0) is 15.5. The van der Waals surface area contributed by atoms with Crippen molar-refractivity contribution >= 4 is 11.7 Å². The minimum absolute atomic E-state index is 0.113. The molecule has 22 heavy (non-hydrogen) atoms. The number of carbonyl (C=O) groups is 1. The summed E-state index contributed by atoms with van der Waals surface area (Å²) in [6.07, 6.45) is 3.89. The molecule has 0 aromatic carbocycles. The molecule has 2 fully saturated rings. The molecule has 5 nitrogen and oxygen atoms in total. The van der Waals surface area contributed by atoms with E-state index in [1.807, 2.05) is 24.4 Å². The fraction of sp³-hybridized carbons (Fsp3) is 0.647. The maximum Gasteiger partial charge on any atom is 0.227 e. The number of hydrogen-bond acceptors (Lipinski definition) is 4. The summed E-state index contributed by atoms with van der Waals surface area (Å²) in [6.45, 7) is 6.77. The van der Waals surface area contributed by atoms with Gasteiger partial charge in [-0.3, -0.25) is 4.79 Å². The summed E-state index contributed by atoms with van der Waals surface area (Å²) in [5.74, 6) is 1.44. The van der Waals surface area contributed by atoms with Crippen LogP contribution in [0.15, 0.2) is 24.4 Å². The van der Waals surface area contributed by atoms with Gasteiger partial charge < -0.3 is 14.7 Å². The van der Waals surface area contributed by atoms with Crippen LogP contribution in [0.4, 0.5) is 5.82 Å². The number of hydrogen-bond donors (Lipinski definition) is 0. The third-order valence-corrected chi connectivity index (χ3v) is 4.86. The van der Waals surface area contributed by atoms with Crippen molar-refractivity contribution in [2.75, 3.05) is 44.7 Å². The molecule has 0 bridgehead atoms. The van der Waals surface area contributed by atoms with Gasteiger partial charge in [-0.15, -0.1) is 0 Å². The van der Waals surface area contributed by atoms with Gasteiger partial charge in [0.25, 0.3) is 0 Å². The number of pyridine rings is 1. The molecule has 0 aliphatic carbocycles. The number of piperazine rings is 1. The molecule has 3 heterocycles. The van der Waals surface area contributed by atoms with Crippen molar-refractivity contribution in [3.8, 4) is 0 Å². The standard InChI is InChI=1S/C17H26N4O/c1-14-12-19(2)10-11-21(14)17(22)15-6-5-9-20(13-15)16-7-3-4-8-18-16/h3-4,7-8,14-15H,5-6,9-13H2,1-2H3/t14-,15-/m0/s1. The summed E-state index contributed by atoms with van der Waals surface area (Å²) in [7, 11) is 2.13. The van der Waals surface area contributed by atoms with Gasteiger partial charge in [0.1, 0.15) is 5.82 Å². The van der Waals surface area contributed by atoms with E-state index in [9.17, 15) is 4.79 Å². The number of piperidine rings is 1. The van der Waals surface area contributed by atoms with E-state index >= 15 is 0 Å². The van der Waals surface area contributed by atoms with Crippen LogP contribution in [0.1, 0.15) is 19.8 Å². The average Bonchev–Trinajstić information content (AvgIpc) is 2.55. The molecule has 0 radical (unpaired) electrons. The lowest BCUT2D eigenvalue weighted by atomic mass is 9.95. The Morgan fingerprint density at radius 2 is 2.09 bits per heavy atom. The molecule has 3 rings (SSSR count). The molecule has 1 amide bonds. The van der Waals surface area contributed by atoms with E-state index in [1.54, 1.807) is 0 Å². The first-order valence-electron chi connectivity index (χ1n) is 8.30. The molecule has 2 aliphatic rings. The fourth-order valence-electron chi connectivity index (χ4n) is 3.63. The Kier molecular flexibility index (Phi) is 4.62. The topological polar surface area (TPSA) is 39.7 Å². The van der Waals surface area contributed by atoms with Gasteiger partial charge in [0, 0.05) is 45.0 Å². The van der Waals surface area contributed by atoms with Crippen molar-refractivity contribution in [3.63, 3.8) is 0 Å². The minimum atomic E-state index is 0.113. The van der Waals surface area contributed by atoms with Crippen LogP contribution < -0.4 is 4.90 Å². The predicted molar refractivity (Wildman–Crippen MR) is 87.8 cm³/mol. The van der Waals surface area contributed by atoms with Crippen molar-refractivity contribution in [3.05, 3.63) is 24.4 Å². The maximum atomic E-state index is 12.9. The number of anilines is 1. The van der Waals surface area contributed by atoms with Crippen LogP contribution in [-0.2, 0) is 4.79 Å². The Hall–Kier alpha value is -1.62.